The van der Waals surface area contributed by atoms with Crippen LogP contribution in [0.3, 0.4) is 0 Å². The molecule has 1 aliphatic heterocycles. The lowest BCUT2D eigenvalue weighted by Crippen LogP contribution is -2.56. The molecule has 0 spiro atoms. The van der Waals surface area contributed by atoms with Gasteiger partial charge in [0.1, 0.15) is 0 Å². The fourth-order valence-corrected chi connectivity index (χ4v) is 3.38. The van der Waals surface area contributed by atoms with E-state index in [0.717, 1.165) is 19.6 Å². The smallest absolute Gasteiger partial charge is 0.307 e. The fraction of sp³-hybridized carbons (Fsp3) is 0.929. The van der Waals surface area contributed by atoms with Crippen LogP contribution in [0.15, 0.2) is 0 Å². The van der Waals surface area contributed by atoms with Crippen LogP contribution in [0, 0.1) is 0 Å². The molecule has 1 aliphatic carbocycles. The summed E-state index contributed by atoms with van der Waals surface area (Å²) in [4.78, 5) is 16.5. The highest BCUT2D eigenvalue weighted by molar-refractivity contribution is 5.70. The molecule has 0 N–H and O–H groups in total. The number of hydrogen-bond donors (Lipinski definition) is 0. The molecule has 18 heavy (non-hydrogen) atoms. The lowest BCUT2D eigenvalue weighted by atomic mass is 9.92. The summed E-state index contributed by atoms with van der Waals surface area (Å²) in [7, 11) is 3.63. The zero-order valence-electron chi connectivity index (χ0n) is 11.7. The van der Waals surface area contributed by atoms with Crippen LogP contribution in [-0.2, 0) is 9.53 Å². The minimum Gasteiger partial charge on any atom is -0.469 e. The summed E-state index contributed by atoms with van der Waals surface area (Å²) < 4.78 is 4.84. The first-order chi connectivity index (χ1) is 8.70. The average molecular weight is 254 g/mol. The second kappa shape index (κ2) is 6.53. The van der Waals surface area contributed by atoms with Crippen LogP contribution in [0.4, 0.5) is 0 Å². The molecule has 0 aromatic rings. The molecule has 1 unspecified atom stereocenters. The van der Waals surface area contributed by atoms with Gasteiger partial charge >= 0.3 is 5.97 Å². The Labute approximate surface area is 110 Å². The first kappa shape index (κ1) is 13.8. The van der Waals surface area contributed by atoms with E-state index in [4.69, 9.17) is 4.74 Å². The molecule has 2 fully saturated rings. The highest BCUT2D eigenvalue weighted by atomic mass is 16.5. The summed E-state index contributed by atoms with van der Waals surface area (Å²) in [6.07, 6.45) is 7.23. The number of rotatable bonds is 3. The third-order valence-electron chi connectivity index (χ3n) is 4.41. The predicted octanol–water partition coefficient (Wildman–Crippen LogP) is 1.50. The first-order valence-corrected chi connectivity index (χ1v) is 7.22. The van der Waals surface area contributed by atoms with Gasteiger partial charge < -0.3 is 9.64 Å². The molecule has 0 aromatic heterocycles. The van der Waals surface area contributed by atoms with Gasteiger partial charge in [0.2, 0.25) is 0 Å². The molecule has 0 bridgehead atoms. The molecule has 1 saturated heterocycles. The maximum Gasteiger partial charge on any atom is 0.307 e. The Balaban J connectivity index is 1.97. The molecule has 1 saturated carbocycles. The van der Waals surface area contributed by atoms with Crippen LogP contribution in [0.1, 0.15) is 38.5 Å². The van der Waals surface area contributed by atoms with E-state index in [1.54, 1.807) is 0 Å². The van der Waals surface area contributed by atoms with Gasteiger partial charge in [-0.1, -0.05) is 19.3 Å². The zero-order chi connectivity index (χ0) is 13.0. The van der Waals surface area contributed by atoms with E-state index in [-0.39, 0.29) is 5.97 Å². The third kappa shape index (κ3) is 3.45. The molecule has 0 radical (unpaired) electrons. The van der Waals surface area contributed by atoms with Gasteiger partial charge in [0.15, 0.2) is 0 Å². The van der Waals surface area contributed by atoms with Crippen molar-refractivity contribution in [2.45, 2.75) is 50.6 Å². The number of carbonyl (C=O) groups excluding carboxylic acids is 1. The Hall–Kier alpha value is -0.610. The van der Waals surface area contributed by atoms with Crippen molar-refractivity contribution >= 4 is 5.97 Å². The van der Waals surface area contributed by atoms with Crippen LogP contribution in [0.2, 0.25) is 0 Å². The van der Waals surface area contributed by atoms with Crippen LogP contribution in [0.25, 0.3) is 0 Å². The van der Waals surface area contributed by atoms with Crippen molar-refractivity contribution in [2.24, 2.45) is 0 Å². The van der Waals surface area contributed by atoms with Gasteiger partial charge in [-0.25, -0.2) is 0 Å². The number of hydrogen-bond acceptors (Lipinski definition) is 4. The van der Waals surface area contributed by atoms with Crippen molar-refractivity contribution in [1.82, 2.24) is 9.80 Å². The highest BCUT2D eigenvalue weighted by Crippen LogP contribution is 2.26. The van der Waals surface area contributed by atoms with Gasteiger partial charge in [0.05, 0.1) is 13.5 Å². The number of carbonyl (C=O) groups is 1. The van der Waals surface area contributed by atoms with E-state index >= 15 is 0 Å². The monoisotopic (exact) mass is 254 g/mol. The summed E-state index contributed by atoms with van der Waals surface area (Å²) in [5.74, 6) is -0.0730. The van der Waals surface area contributed by atoms with E-state index in [2.05, 4.69) is 16.8 Å². The number of likely N-dealkylation sites (N-methyl/N-ethyl adjacent to an activating group) is 1. The molecule has 0 aromatic carbocycles. The Bertz CT molecular complexity index is 277. The minimum absolute atomic E-state index is 0.0730. The Morgan fingerprint density at radius 3 is 2.61 bits per heavy atom. The lowest BCUT2D eigenvalue weighted by Gasteiger charge is -2.45. The predicted molar refractivity (Wildman–Crippen MR) is 71.5 cm³/mol. The van der Waals surface area contributed by atoms with Crippen molar-refractivity contribution in [1.29, 1.82) is 0 Å². The summed E-state index contributed by atoms with van der Waals surface area (Å²) in [6.45, 7) is 3.21. The number of piperazine rings is 1. The van der Waals surface area contributed by atoms with E-state index in [1.165, 1.54) is 39.2 Å². The summed E-state index contributed by atoms with van der Waals surface area (Å²) in [5.41, 5.74) is 0. The van der Waals surface area contributed by atoms with Crippen molar-refractivity contribution < 1.29 is 9.53 Å². The second-order valence-electron chi connectivity index (χ2n) is 5.73. The standard InChI is InChI=1S/C14H26N2O2/c1-15-8-9-16(12-6-4-3-5-7-12)13(11-15)10-14(17)18-2/h12-13H,3-11H2,1-2H3. The van der Waals surface area contributed by atoms with Crippen LogP contribution in [-0.4, -0.2) is 61.6 Å². The molecular formula is C14H26N2O2. The summed E-state index contributed by atoms with van der Waals surface area (Å²) >= 11 is 0. The molecule has 104 valence electrons. The number of ether oxygens (including phenoxy) is 1. The van der Waals surface area contributed by atoms with Gasteiger partial charge in [0, 0.05) is 31.7 Å². The lowest BCUT2D eigenvalue weighted by molar-refractivity contribution is -0.143. The second-order valence-corrected chi connectivity index (χ2v) is 5.73. The first-order valence-electron chi connectivity index (χ1n) is 7.22. The maximum atomic E-state index is 11.5. The highest BCUT2D eigenvalue weighted by Gasteiger charge is 2.32. The molecule has 4 heteroatoms. The Kier molecular flexibility index (Phi) is 5.01. The molecule has 1 atom stereocenters. The van der Waals surface area contributed by atoms with Crippen molar-refractivity contribution in [3.8, 4) is 0 Å². The van der Waals surface area contributed by atoms with Crippen molar-refractivity contribution in [3.05, 3.63) is 0 Å². The summed E-state index contributed by atoms with van der Waals surface area (Å²) in [5, 5.41) is 0. The number of esters is 1. The average Bonchev–Trinajstić information content (AvgIpc) is 2.40. The van der Waals surface area contributed by atoms with Gasteiger partial charge in [0.25, 0.3) is 0 Å². The van der Waals surface area contributed by atoms with Gasteiger partial charge in [-0.05, 0) is 19.9 Å². The van der Waals surface area contributed by atoms with E-state index in [1.807, 2.05) is 0 Å². The topological polar surface area (TPSA) is 32.8 Å². The van der Waals surface area contributed by atoms with E-state index < -0.39 is 0 Å². The zero-order valence-corrected chi connectivity index (χ0v) is 11.7. The minimum atomic E-state index is -0.0730. The van der Waals surface area contributed by atoms with Crippen molar-refractivity contribution in [3.63, 3.8) is 0 Å². The fourth-order valence-electron chi connectivity index (χ4n) is 3.38. The quantitative estimate of drug-likeness (QED) is 0.715. The van der Waals surface area contributed by atoms with Gasteiger partial charge in [-0.15, -0.1) is 0 Å². The SMILES string of the molecule is COC(=O)CC1CN(C)CCN1C1CCCCC1. The van der Waals surface area contributed by atoms with Crippen LogP contribution in [0.5, 0.6) is 0 Å². The van der Waals surface area contributed by atoms with Crippen molar-refractivity contribution in [2.75, 3.05) is 33.8 Å². The van der Waals surface area contributed by atoms with E-state index in [0.29, 0.717) is 18.5 Å². The molecule has 0 amide bonds. The van der Waals surface area contributed by atoms with E-state index in [9.17, 15) is 4.79 Å². The van der Waals surface area contributed by atoms with Gasteiger partial charge in [-0.2, -0.15) is 0 Å². The molecule has 2 aliphatic rings. The largest absolute Gasteiger partial charge is 0.469 e. The molecular weight excluding hydrogens is 228 g/mol. The third-order valence-corrected chi connectivity index (χ3v) is 4.41. The number of nitrogens with zero attached hydrogens (tertiary/aromatic N) is 2. The molecule has 1 heterocycles. The molecule has 2 rings (SSSR count). The van der Waals surface area contributed by atoms with Crippen LogP contribution < -0.4 is 0 Å². The normalized spacial score (nSPS) is 28.2. The molecule has 4 nitrogen and oxygen atoms in total. The summed E-state index contributed by atoms with van der Waals surface area (Å²) in [6, 6.07) is 1.04. The van der Waals surface area contributed by atoms with Gasteiger partial charge in [-0.3, -0.25) is 9.69 Å². The van der Waals surface area contributed by atoms with Crippen LogP contribution >= 0.6 is 0 Å². The Morgan fingerprint density at radius 2 is 1.94 bits per heavy atom. The maximum absolute atomic E-state index is 11.5. The Morgan fingerprint density at radius 1 is 1.22 bits per heavy atom. The number of methoxy groups -OCH3 is 1.